The normalized spacial score (nSPS) is 16.0. The Kier molecular flexibility index (Phi) is 9.41. The lowest BCUT2D eigenvalue weighted by Crippen LogP contribution is -2.37. The number of halogens is 2. The van der Waals surface area contributed by atoms with Crippen LogP contribution in [-0.4, -0.2) is 78.8 Å². The molecule has 226 valence electrons. The molecule has 1 amide bonds. The molecule has 1 aliphatic heterocycles. The van der Waals surface area contributed by atoms with Crippen LogP contribution in [0.2, 0.25) is 0 Å². The van der Waals surface area contributed by atoms with Crippen LogP contribution in [-0.2, 0) is 9.53 Å². The maximum atomic E-state index is 13.3. The number of alkyl halides is 2. The number of rotatable bonds is 13. The van der Waals surface area contributed by atoms with Gasteiger partial charge in [-0.05, 0) is 70.3 Å². The first-order chi connectivity index (χ1) is 20.4. The van der Waals surface area contributed by atoms with Gasteiger partial charge >= 0.3 is 12.6 Å². The van der Waals surface area contributed by atoms with Crippen molar-refractivity contribution in [1.29, 1.82) is 0 Å². The zero-order valence-electron chi connectivity index (χ0n) is 23.8. The summed E-state index contributed by atoms with van der Waals surface area (Å²) in [6, 6.07) is 6.67. The van der Waals surface area contributed by atoms with Crippen molar-refractivity contribution in [3.8, 4) is 28.5 Å². The fourth-order valence-corrected chi connectivity index (χ4v) is 5.19. The molecule has 2 aliphatic rings. The van der Waals surface area contributed by atoms with Gasteiger partial charge in [0.05, 0.1) is 38.1 Å². The highest BCUT2D eigenvalue weighted by Crippen LogP contribution is 2.37. The molecular formula is C30H36F2N4O6. The molecule has 0 unspecified atom stereocenters. The van der Waals surface area contributed by atoms with Gasteiger partial charge in [0.15, 0.2) is 0 Å². The number of esters is 1. The number of hydrogen-bond donors (Lipinski definition) is 1. The lowest BCUT2D eigenvalue weighted by atomic mass is 9.97. The lowest BCUT2D eigenvalue weighted by molar-refractivity contribution is -0.149. The van der Waals surface area contributed by atoms with E-state index in [-0.39, 0.29) is 35.0 Å². The first-order valence-corrected chi connectivity index (χ1v) is 14.3. The van der Waals surface area contributed by atoms with Crippen molar-refractivity contribution < 1.29 is 37.3 Å². The molecule has 0 spiro atoms. The minimum Gasteiger partial charge on any atom is -0.496 e. The van der Waals surface area contributed by atoms with E-state index in [1.807, 2.05) is 13.0 Å². The summed E-state index contributed by atoms with van der Waals surface area (Å²) in [4.78, 5) is 31.6. The molecule has 0 radical (unpaired) electrons. The molecule has 2 aromatic heterocycles. The van der Waals surface area contributed by atoms with E-state index in [2.05, 4.69) is 15.2 Å². The molecule has 3 heterocycles. The number of benzene rings is 1. The number of aromatic nitrogens is 2. The average Bonchev–Trinajstić information content (AvgIpc) is 3.69. The van der Waals surface area contributed by atoms with E-state index in [4.69, 9.17) is 18.9 Å². The maximum Gasteiger partial charge on any atom is 0.387 e. The van der Waals surface area contributed by atoms with Gasteiger partial charge in [-0.2, -0.15) is 8.78 Å². The van der Waals surface area contributed by atoms with Crippen molar-refractivity contribution in [3.63, 3.8) is 0 Å². The summed E-state index contributed by atoms with van der Waals surface area (Å²) in [6.45, 7) is 2.27. The predicted octanol–water partition coefficient (Wildman–Crippen LogP) is 4.55. The molecular weight excluding hydrogens is 550 g/mol. The van der Waals surface area contributed by atoms with Gasteiger partial charge in [0, 0.05) is 30.4 Å². The number of nitrogens with zero attached hydrogens (tertiary/aromatic N) is 3. The van der Waals surface area contributed by atoms with Gasteiger partial charge in [0.25, 0.3) is 5.91 Å². The number of nitrogens with one attached hydrogen (secondary N) is 1. The maximum absolute atomic E-state index is 13.3. The third-order valence-corrected chi connectivity index (χ3v) is 7.52. The molecule has 12 heteroatoms. The predicted molar refractivity (Wildman–Crippen MR) is 150 cm³/mol. The number of fused-ring (bicyclic) bond motifs is 1. The Morgan fingerprint density at radius 3 is 2.57 bits per heavy atom. The summed E-state index contributed by atoms with van der Waals surface area (Å²) in [7, 11) is 1.38. The summed E-state index contributed by atoms with van der Waals surface area (Å²) >= 11 is 0. The zero-order chi connectivity index (χ0) is 29.6. The van der Waals surface area contributed by atoms with E-state index in [1.165, 1.54) is 13.2 Å². The Bertz CT molecular complexity index is 1400. The molecule has 3 aromatic rings. The summed E-state index contributed by atoms with van der Waals surface area (Å²) in [5, 5.41) is 2.80. The first-order valence-electron chi connectivity index (χ1n) is 14.3. The number of carbonyl (C=O) groups excluding carboxylic acids is 2. The quantitative estimate of drug-likeness (QED) is 0.230. The number of pyridine rings is 1. The third-order valence-electron chi connectivity index (χ3n) is 7.52. The second-order valence-corrected chi connectivity index (χ2v) is 10.5. The Morgan fingerprint density at radius 1 is 1.12 bits per heavy atom. The van der Waals surface area contributed by atoms with Crippen LogP contribution in [0.15, 0.2) is 36.7 Å². The van der Waals surface area contributed by atoms with Gasteiger partial charge in [-0.15, -0.1) is 0 Å². The molecule has 1 saturated carbocycles. The van der Waals surface area contributed by atoms with Crippen LogP contribution < -0.4 is 19.5 Å². The highest BCUT2D eigenvalue weighted by atomic mass is 19.3. The Hall–Kier alpha value is -3.93. The van der Waals surface area contributed by atoms with Crippen LogP contribution in [0.3, 0.4) is 0 Å². The van der Waals surface area contributed by atoms with E-state index < -0.39 is 12.5 Å². The van der Waals surface area contributed by atoms with Gasteiger partial charge < -0.3 is 29.2 Å². The van der Waals surface area contributed by atoms with Crippen molar-refractivity contribution >= 4 is 17.5 Å². The van der Waals surface area contributed by atoms with Crippen molar-refractivity contribution in [2.45, 2.75) is 51.7 Å². The number of ether oxygens (including phenoxy) is 4. The highest BCUT2D eigenvalue weighted by molar-refractivity contribution is 6.01. The van der Waals surface area contributed by atoms with Crippen LogP contribution in [0, 0.1) is 5.92 Å². The first kappa shape index (κ1) is 29.6. The van der Waals surface area contributed by atoms with E-state index in [1.54, 1.807) is 28.9 Å². The van der Waals surface area contributed by atoms with Crippen molar-refractivity contribution in [3.05, 3.63) is 42.2 Å². The topological polar surface area (TPSA) is 104 Å². The van der Waals surface area contributed by atoms with E-state index in [0.717, 1.165) is 51.7 Å². The monoisotopic (exact) mass is 586 g/mol. The smallest absolute Gasteiger partial charge is 0.387 e. The van der Waals surface area contributed by atoms with Gasteiger partial charge in [-0.25, -0.2) is 4.98 Å². The number of amides is 1. The molecule has 1 aliphatic carbocycles. The van der Waals surface area contributed by atoms with Gasteiger partial charge in [-0.1, -0.05) is 0 Å². The minimum absolute atomic E-state index is 0.00196. The van der Waals surface area contributed by atoms with Crippen LogP contribution >= 0.6 is 0 Å². The van der Waals surface area contributed by atoms with E-state index in [0.29, 0.717) is 35.9 Å². The van der Waals surface area contributed by atoms with Crippen LogP contribution in [0.4, 0.5) is 8.78 Å². The minimum atomic E-state index is -3.12. The number of likely N-dealkylation sites (tertiary alicyclic amines) is 1. The molecule has 10 nitrogen and oxygen atoms in total. The fourth-order valence-electron chi connectivity index (χ4n) is 5.19. The number of piperidine rings is 1. The second kappa shape index (κ2) is 13.4. The number of methoxy groups -OCH3 is 1. The number of imidazole rings is 1. The molecule has 0 bridgehead atoms. The van der Waals surface area contributed by atoms with Crippen molar-refractivity contribution in [1.82, 2.24) is 19.6 Å². The van der Waals surface area contributed by atoms with Gasteiger partial charge in [0.2, 0.25) is 0 Å². The van der Waals surface area contributed by atoms with Crippen molar-refractivity contribution in [2.24, 2.45) is 5.92 Å². The molecule has 1 aromatic carbocycles. The Morgan fingerprint density at radius 2 is 1.88 bits per heavy atom. The Labute approximate surface area is 242 Å². The SMILES string of the molecule is CCOC(=O)C1CCN(CCCOc2ccn3c(-c4cc(OC)c(C(=O)NC5CC5)c(OC(F)F)c4)cnc3c2)CC1. The van der Waals surface area contributed by atoms with E-state index >= 15 is 0 Å². The molecule has 1 N–H and O–H groups in total. The number of carbonyl (C=O) groups is 2. The van der Waals surface area contributed by atoms with Crippen molar-refractivity contribution in [2.75, 3.05) is 40.0 Å². The molecule has 5 rings (SSSR count). The molecule has 0 atom stereocenters. The average molecular weight is 587 g/mol. The summed E-state index contributed by atoms with van der Waals surface area (Å²) in [6.07, 6.45) is 7.57. The molecule has 1 saturated heterocycles. The van der Waals surface area contributed by atoms with Gasteiger partial charge in [-0.3, -0.25) is 14.0 Å². The number of hydrogen-bond acceptors (Lipinski definition) is 8. The highest BCUT2D eigenvalue weighted by Gasteiger charge is 2.29. The van der Waals surface area contributed by atoms with E-state index in [9.17, 15) is 18.4 Å². The molecule has 42 heavy (non-hydrogen) atoms. The summed E-state index contributed by atoms with van der Waals surface area (Å²) < 4.78 is 49.7. The fraction of sp³-hybridized carbons (Fsp3) is 0.500. The zero-order valence-corrected chi connectivity index (χ0v) is 23.8. The van der Waals surface area contributed by atoms with Crippen LogP contribution in [0.25, 0.3) is 16.9 Å². The third kappa shape index (κ3) is 7.10. The van der Waals surface area contributed by atoms with Gasteiger partial charge in [0.1, 0.15) is 28.5 Å². The summed E-state index contributed by atoms with van der Waals surface area (Å²) in [5.74, 6) is -0.0891. The largest absolute Gasteiger partial charge is 0.496 e. The van der Waals surface area contributed by atoms with Crippen LogP contribution in [0.5, 0.6) is 17.2 Å². The lowest BCUT2D eigenvalue weighted by Gasteiger charge is -2.30. The van der Waals surface area contributed by atoms with Crippen LogP contribution in [0.1, 0.15) is 49.4 Å². The summed E-state index contributed by atoms with van der Waals surface area (Å²) in [5.41, 5.74) is 1.64. The standard InChI is InChI=1S/C30H36F2N4O6/c1-3-40-29(38)19-7-11-35(12-8-19)10-4-14-41-22-9-13-36-23(18-33-26(36)17-22)20-15-24(39-2)27(25(16-20)42-30(31)32)28(37)34-21-5-6-21/h9,13,15-19,21,30H,3-8,10-12,14H2,1-2H3,(H,34,37). The second-order valence-electron chi connectivity index (χ2n) is 10.5. The molecule has 2 fully saturated rings. The Balaban J connectivity index is 1.23.